The standard InChI is InChI=1S/C17H24ClNO3/c1-6-22-15(20)7-11(2)19-10-12-8-13(17(3,4)5)9-14(18)16(12)21/h7-9,19,21H,6,10H2,1-5H3/b11-7+. The van der Waals surface area contributed by atoms with Gasteiger partial charge in [0.15, 0.2) is 0 Å². The summed E-state index contributed by atoms with van der Waals surface area (Å²) in [5, 5.41) is 13.5. The molecule has 0 atom stereocenters. The first-order valence-electron chi connectivity index (χ1n) is 7.26. The molecule has 1 aromatic carbocycles. The van der Waals surface area contributed by atoms with Gasteiger partial charge in [0, 0.05) is 23.9 Å². The van der Waals surface area contributed by atoms with Gasteiger partial charge >= 0.3 is 5.97 Å². The number of nitrogens with one attached hydrogen (secondary N) is 1. The first-order valence-corrected chi connectivity index (χ1v) is 7.63. The average molecular weight is 326 g/mol. The second-order valence-corrected chi connectivity index (χ2v) is 6.56. The quantitative estimate of drug-likeness (QED) is 0.636. The summed E-state index contributed by atoms with van der Waals surface area (Å²) in [6.45, 7) is 10.5. The summed E-state index contributed by atoms with van der Waals surface area (Å²) < 4.78 is 4.85. The first-order chi connectivity index (χ1) is 10.1. The number of aromatic hydroxyl groups is 1. The van der Waals surface area contributed by atoms with Crippen molar-refractivity contribution in [2.45, 2.75) is 46.6 Å². The second-order valence-electron chi connectivity index (χ2n) is 6.15. The lowest BCUT2D eigenvalue weighted by Crippen LogP contribution is -2.15. The van der Waals surface area contributed by atoms with Gasteiger partial charge in [0.2, 0.25) is 0 Å². The molecule has 1 aromatic rings. The van der Waals surface area contributed by atoms with Crippen LogP contribution in [0, 0.1) is 0 Å². The molecule has 0 fully saturated rings. The number of carbonyl (C=O) groups is 1. The van der Waals surface area contributed by atoms with Crippen LogP contribution in [0.4, 0.5) is 0 Å². The van der Waals surface area contributed by atoms with E-state index in [1.54, 1.807) is 19.9 Å². The molecule has 0 amide bonds. The van der Waals surface area contributed by atoms with Gasteiger partial charge in [-0.25, -0.2) is 4.79 Å². The number of benzene rings is 1. The largest absolute Gasteiger partial charge is 0.506 e. The molecule has 22 heavy (non-hydrogen) atoms. The third-order valence-corrected chi connectivity index (χ3v) is 3.48. The van der Waals surface area contributed by atoms with Gasteiger partial charge in [0.05, 0.1) is 11.6 Å². The monoisotopic (exact) mass is 325 g/mol. The Hall–Kier alpha value is -1.68. The zero-order valence-corrected chi connectivity index (χ0v) is 14.5. The van der Waals surface area contributed by atoms with Gasteiger partial charge in [-0.15, -0.1) is 0 Å². The number of allylic oxidation sites excluding steroid dienone is 1. The highest BCUT2D eigenvalue weighted by atomic mass is 35.5. The maximum absolute atomic E-state index is 11.4. The second kappa shape index (κ2) is 7.54. The zero-order valence-electron chi connectivity index (χ0n) is 13.8. The van der Waals surface area contributed by atoms with Gasteiger partial charge in [-0.1, -0.05) is 32.4 Å². The molecule has 0 aromatic heterocycles. The van der Waals surface area contributed by atoms with E-state index in [4.69, 9.17) is 16.3 Å². The number of ether oxygens (including phenoxy) is 1. The number of phenolic OH excluding ortho intramolecular Hbond substituents is 1. The first kappa shape index (κ1) is 18.4. The minimum absolute atomic E-state index is 0.0612. The minimum Gasteiger partial charge on any atom is -0.506 e. The molecule has 0 saturated carbocycles. The molecule has 122 valence electrons. The lowest BCUT2D eigenvalue weighted by atomic mass is 9.86. The lowest BCUT2D eigenvalue weighted by Gasteiger charge is -2.21. The Balaban J connectivity index is 2.90. The highest BCUT2D eigenvalue weighted by molar-refractivity contribution is 6.32. The number of phenols is 1. The van der Waals surface area contributed by atoms with Crippen molar-refractivity contribution < 1.29 is 14.6 Å². The van der Waals surface area contributed by atoms with Gasteiger partial charge in [-0.2, -0.15) is 0 Å². The number of esters is 1. The summed E-state index contributed by atoms with van der Waals surface area (Å²) in [5.74, 6) is -0.329. The molecule has 0 bridgehead atoms. The SMILES string of the molecule is CCOC(=O)/C=C(\C)NCc1cc(C(C)(C)C)cc(Cl)c1O. The molecule has 0 aliphatic carbocycles. The molecular formula is C17H24ClNO3. The van der Waals surface area contributed by atoms with E-state index in [1.807, 2.05) is 6.07 Å². The summed E-state index contributed by atoms with van der Waals surface area (Å²) in [6, 6.07) is 3.70. The highest BCUT2D eigenvalue weighted by Crippen LogP contribution is 2.34. The summed E-state index contributed by atoms with van der Waals surface area (Å²) in [4.78, 5) is 11.4. The summed E-state index contributed by atoms with van der Waals surface area (Å²) in [7, 11) is 0. The molecule has 2 N–H and O–H groups in total. The van der Waals surface area contributed by atoms with Crippen LogP contribution in [-0.2, 0) is 21.5 Å². The van der Waals surface area contributed by atoms with Gasteiger partial charge in [-0.3, -0.25) is 0 Å². The van der Waals surface area contributed by atoms with Crippen molar-refractivity contribution in [3.63, 3.8) is 0 Å². The summed E-state index contributed by atoms with van der Waals surface area (Å²) >= 11 is 6.10. The maximum Gasteiger partial charge on any atom is 0.332 e. The number of carbonyl (C=O) groups excluding carboxylic acids is 1. The normalized spacial score (nSPS) is 12.2. The van der Waals surface area contributed by atoms with Gasteiger partial charge in [-0.05, 0) is 37.0 Å². The van der Waals surface area contributed by atoms with Crippen molar-refractivity contribution in [1.82, 2.24) is 5.32 Å². The molecule has 0 spiro atoms. The lowest BCUT2D eigenvalue weighted by molar-refractivity contribution is -0.137. The molecule has 4 nitrogen and oxygen atoms in total. The van der Waals surface area contributed by atoms with E-state index >= 15 is 0 Å². The molecule has 5 heteroatoms. The number of rotatable bonds is 5. The maximum atomic E-state index is 11.4. The van der Waals surface area contributed by atoms with Crippen LogP contribution >= 0.6 is 11.6 Å². The Morgan fingerprint density at radius 1 is 1.41 bits per heavy atom. The molecule has 0 heterocycles. The van der Waals surface area contributed by atoms with Gasteiger partial charge in [0.25, 0.3) is 0 Å². The number of hydrogen-bond acceptors (Lipinski definition) is 4. The molecule has 0 aliphatic rings. The molecule has 0 aliphatic heterocycles. The molecule has 0 radical (unpaired) electrons. The van der Waals surface area contributed by atoms with Crippen molar-refractivity contribution in [2.24, 2.45) is 0 Å². The predicted octanol–water partition coefficient (Wildman–Crippen LogP) is 3.90. The zero-order chi connectivity index (χ0) is 16.9. The van der Waals surface area contributed by atoms with Crippen LogP contribution in [0.1, 0.15) is 45.7 Å². The van der Waals surface area contributed by atoms with E-state index in [0.29, 0.717) is 29.4 Å². The molecule has 0 saturated heterocycles. The molecule has 1 rings (SSSR count). The molecular weight excluding hydrogens is 302 g/mol. The van der Waals surface area contributed by atoms with Crippen LogP contribution in [0.15, 0.2) is 23.9 Å². The number of halogens is 1. The van der Waals surface area contributed by atoms with Gasteiger partial charge in [0.1, 0.15) is 5.75 Å². The Kier molecular flexibility index (Phi) is 6.30. The van der Waals surface area contributed by atoms with Crippen molar-refractivity contribution in [3.05, 3.63) is 40.1 Å². The average Bonchev–Trinajstić information content (AvgIpc) is 2.39. The Morgan fingerprint density at radius 3 is 2.59 bits per heavy atom. The van der Waals surface area contributed by atoms with E-state index in [-0.39, 0.29) is 11.2 Å². The fourth-order valence-corrected chi connectivity index (χ4v) is 2.11. The summed E-state index contributed by atoms with van der Waals surface area (Å²) in [6.07, 6.45) is 1.38. The van der Waals surface area contributed by atoms with Crippen molar-refractivity contribution in [1.29, 1.82) is 0 Å². The summed E-state index contributed by atoms with van der Waals surface area (Å²) in [5.41, 5.74) is 2.32. The minimum atomic E-state index is -0.391. The van der Waals surface area contributed by atoms with Crippen LogP contribution in [0.2, 0.25) is 5.02 Å². The molecule has 0 unspecified atom stereocenters. The van der Waals surface area contributed by atoms with Crippen molar-refractivity contribution in [3.8, 4) is 5.75 Å². The van der Waals surface area contributed by atoms with Gasteiger partial charge < -0.3 is 15.2 Å². The van der Waals surface area contributed by atoms with E-state index in [0.717, 1.165) is 5.56 Å². The number of hydrogen-bond donors (Lipinski definition) is 2. The Morgan fingerprint density at radius 2 is 2.05 bits per heavy atom. The third-order valence-electron chi connectivity index (χ3n) is 3.19. The highest BCUT2D eigenvalue weighted by Gasteiger charge is 2.18. The Bertz CT molecular complexity index is 574. The topological polar surface area (TPSA) is 58.6 Å². The fraction of sp³-hybridized carbons (Fsp3) is 0.471. The predicted molar refractivity (Wildman–Crippen MR) is 89.0 cm³/mol. The van der Waals surface area contributed by atoms with Crippen LogP contribution in [-0.4, -0.2) is 17.7 Å². The Labute approximate surface area is 137 Å². The van der Waals surface area contributed by atoms with Crippen molar-refractivity contribution in [2.75, 3.05) is 6.61 Å². The van der Waals surface area contributed by atoms with E-state index in [1.165, 1.54) is 6.08 Å². The third kappa shape index (κ3) is 5.26. The van der Waals surface area contributed by atoms with Crippen LogP contribution in [0.5, 0.6) is 5.75 Å². The van der Waals surface area contributed by atoms with E-state index in [9.17, 15) is 9.90 Å². The van der Waals surface area contributed by atoms with Crippen molar-refractivity contribution >= 4 is 17.6 Å². The van der Waals surface area contributed by atoms with E-state index in [2.05, 4.69) is 26.1 Å². The fourth-order valence-electron chi connectivity index (χ4n) is 1.87. The van der Waals surface area contributed by atoms with Crippen LogP contribution < -0.4 is 5.32 Å². The van der Waals surface area contributed by atoms with Crippen LogP contribution in [0.25, 0.3) is 0 Å². The van der Waals surface area contributed by atoms with Crippen LogP contribution in [0.3, 0.4) is 0 Å². The smallest absolute Gasteiger partial charge is 0.332 e. The van der Waals surface area contributed by atoms with E-state index < -0.39 is 5.97 Å².